The van der Waals surface area contributed by atoms with Crippen LogP contribution in [-0.2, 0) is 4.79 Å². The van der Waals surface area contributed by atoms with Gasteiger partial charge in [0.2, 0.25) is 11.8 Å². The molecule has 1 aromatic carbocycles. The molecule has 2 unspecified atom stereocenters. The van der Waals surface area contributed by atoms with Gasteiger partial charge in [0.1, 0.15) is 5.82 Å². The summed E-state index contributed by atoms with van der Waals surface area (Å²) in [6.07, 6.45) is 2.35. The Kier molecular flexibility index (Phi) is 3.56. The number of amides is 1. The first-order chi connectivity index (χ1) is 10.2. The van der Waals surface area contributed by atoms with Crippen LogP contribution in [0.25, 0.3) is 0 Å². The number of anilines is 1. The standard InChI is InChI=1S/C16H15FN2O2/c1-21-15-7-6-12(9-18-15)19-16(20)14-8-13(14)10-2-4-11(17)5-3-10/h2-7,9,13-14H,8H2,1H3,(H,19,20). The minimum Gasteiger partial charge on any atom is -0.481 e. The summed E-state index contributed by atoms with van der Waals surface area (Å²) in [6.45, 7) is 0. The monoisotopic (exact) mass is 286 g/mol. The van der Waals surface area contributed by atoms with E-state index in [2.05, 4.69) is 10.3 Å². The Morgan fingerprint density at radius 1 is 1.29 bits per heavy atom. The number of nitrogens with zero attached hydrogens (tertiary/aromatic N) is 1. The van der Waals surface area contributed by atoms with Crippen LogP contribution in [0.1, 0.15) is 17.9 Å². The normalized spacial score (nSPS) is 19.9. The van der Waals surface area contributed by atoms with Gasteiger partial charge in [-0.3, -0.25) is 4.79 Å². The Bertz CT molecular complexity index is 640. The Morgan fingerprint density at radius 2 is 2.05 bits per heavy atom. The lowest BCUT2D eigenvalue weighted by atomic mass is 10.1. The van der Waals surface area contributed by atoms with Crippen LogP contribution < -0.4 is 10.1 Å². The van der Waals surface area contributed by atoms with E-state index in [-0.39, 0.29) is 23.6 Å². The van der Waals surface area contributed by atoms with E-state index in [1.165, 1.54) is 19.2 Å². The molecule has 1 amide bonds. The number of carbonyl (C=O) groups is 1. The van der Waals surface area contributed by atoms with Crippen molar-refractivity contribution in [1.29, 1.82) is 0 Å². The summed E-state index contributed by atoms with van der Waals surface area (Å²) in [5.74, 6) is 0.332. The van der Waals surface area contributed by atoms with E-state index < -0.39 is 0 Å². The molecular weight excluding hydrogens is 271 g/mol. The lowest BCUT2D eigenvalue weighted by Crippen LogP contribution is -2.14. The number of nitrogens with one attached hydrogen (secondary N) is 1. The fraction of sp³-hybridized carbons (Fsp3) is 0.250. The van der Waals surface area contributed by atoms with E-state index >= 15 is 0 Å². The number of aromatic nitrogens is 1. The fourth-order valence-electron chi connectivity index (χ4n) is 2.37. The Hall–Kier alpha value is -2.43. The smallest absolute Gasteiger partial charge is 0.228 e. The Labute approximate surface area is 122 Å². The highest BCUT2D eigenvalue weighted by molar-refractivity contribution is 5.95. The molecule has 4 nitrogen and oxygen atoms in total. The summed E-state index contributed by atoms with van der Waals surface area (Å²) in [4.78, 5) is 16.2. The minimum atomic E-state index is -0.260. The van der Waals surface area contributed by atoms with Crippen molar-refractivity contribution in [3.8, 4) is 5.88 Å². The van der Waals surface area contributed by atoms with E-state index in [1.807, 2.05) is 0 Å². The van der Waals surface area contributed by atoms with E-state index in [4.69, 9.17) is 4.74 Å². The summed E-state index contributed by atoms with van der Waals surface area (Å²) in [5, 5.41) is 2.84. The molecule has 0 aliphatic heterocycles. The predicted molar refractivity (Wildman–Crippen MR) is 76.7 cm³/mol. The second kappa shape index (κ2) is 5.52. The molecule has 1 N–H and O–H groups in total. The van der Waals surface area contributed by atoms with Gasteiger partial charge in [0.15, 0.2) is 0 Å². The molecule has 2 atom stereocenters. The summed E-state index contributed by atoms with van der Waals surface area (Å²) < 4.78 is 17.8. The third-order valence-electron chi connectivity index (χ3n) is 3.64. The molecule has 1 aliphatic rings. The number of hydrogen-bond acceptors (Lipinski definition) is 3. The van der Waals surface area contributed by atoms with Gasteiger partial charge in [0.05, 0.1) is 19.0 Å². The first-order valence-corrected chi connectivity index (χ1v) is 6.74. The number of ether oxygens (including phenoxy) is 1. The predicted octanol–water partition coefficient (Wildman–Crippen LogP) is 2.97. The van der Waals surface area contributed by atoms with Crippen molar-refractivity contribution in [3.05, 3.63) is 54.0 Å². The van der Waals surface area contributed by atoms with Crippen molar-refractivity contribution in [2.24, 2.45) is 5.92 Å². The van der Waals surface area contributed by atoms with Gasteiger partial charge in [0, 0.05) is 12.0 Å². The van der Waals surface area contributed by atoms with Gasteiger partial charge < -0.3 is 10.1 Å². The number of benzene rings is 1. The average molecular weight is 286 g/mol. The largest absolute Gasteiger partial charge is 0.481 e. The van der Waals surface area contributed by atoms with Gasteiger partial charge >= 0.3 is 0 Å². The molecule has 1 fully saturated rings. The fourth-order valence-corrected chi connectivity index (χ4v) is 2.37. The highest BCUT2D eigenvalue weighted by Gasteiger charge is 2.43. The number of rotatable bonds is 4. The van der Waals surface area contributed by atoms with Crippen LogP contribution in [-0.4, -0.2) is 18.0 Å². The number of hydrogen-bond donors (Lipinski definition) is 1. The third kappa shape index (κ3) is 3.02. The molecule has 1 aromatic heterocycles. The average Bonchev–Trinajstić information content (AvgIpc) is 3.29. The molecule has 1 heterocycles. The lowest BCUT2D eigenvalue weighted by molar-refractivity contribution is -0.117. The molecule has 0 radical (unpaired) electrons. The second-order valence-electron chi connectivity index (χ2n) is 5.08. The van der Waals surface area contributed by atoms with Gasteiger partial charge in [0.25, 0.3) is 0 Å². The highest BCUT2D eigenvalue weighted by atomic mass is 19.1. The van der Waals surface area contributed by atoms with Gasteiger partial charge in [-0.2, -0.15) is 0 Å². The topological polar surface area (TPSA) is 51.2 Å². The number of pyridine rings is 1. The van der Waals surface area contributed by atoms with Gasteiger partial charge in [-0.25, -0.2) is 9.37 Å². The molecule has 108 valence electrons. The van der Waals surface area contributed by atoms with Gasteiger partial charge in [-0.15, -0.1) is 0 Å². The van der Waals surface area contributed by atoms with E-state index in [0.29, 0.717) is 11.6 Å². The van der Waals surface area contributed by atoms with E-state index in [9.17, 15) is 9.18 Å². The zero-order valence-corrected chi connectivity index (χ0v) is 11.5. The highest BCUT2D eigenvalue weighted by Crippen LogP contribution is 2.47. The van der Waals surface area contributed by atoms with Crippen LogP contribution in [0.4, 0.5) is 10.1 Å². The van der Waals surface area contributed by atoms with Crippen LogP contribution in [0, 0.1) is 11.7 Å². The van der Waals surface area contributed by atoms with E-state index in [1.54, 1.807) is 30.5 Å². The van der Waals surface area contributed by atoms with Crippen LogP contribution >= 0.6 is 0 Å². The van der Waals surface area contributed by atoms with Crippen molar-refractivity contribution in [2.75, 3.05) is 12.4 Å². The van der Waals surface area contributed by atoms with Crippen molar-refractivity contribution in [3.63, 3.8) is 0 Å². The Balaban J connectivity index is 1.60. The van der Waals surface area contributed by atoms with E-state index in [0.717, 1.165) is 12.0 Å². The number of methoxy groups -OCH3 is 1. The summed E-state index contributed by atoms with van der Waals surface area (Å²) in [6, 6.07) is 9.77. The van der Waals surface area contributed by atoms with Crippen molar-refractivity contribution in [2.45, 2.75) is 12.3 Å². The van der Waals surface area contributed by atoms with Gasteiger partial charge in [-0.1, -0.05) is 12.1 Å². The molecular formula is C16H15FN2O2. The van der Waals surface area contributed by atoms with Crippen LogP contribution in [0.5, 0.6) is 5.88 Å². The zero-order chi connectivity index (χ0) is 14.8. The zero-order valence-electron chi connectivity index (χ0n) is 11.5. The van der Waals surface area contributed by atoms with Crippen molar-refractivity contribution in [1.82, 2.24) is 4.98 Å². The molecule has 2 aromatic rings. The maximum atomic E-state index is 12.9. The lowest BCUT2D eigenvalue weighted by Gasteiger charge is -2.05. The second-order valence-corrected chi connectivity index (χ2v) is 5.08. The summed E-state index contributed by atoms with van der Waals surface area (Å²) in [7, 11) is 1.54. The molecule has 0 bridgehead atoms. The number of carbonyl (C=O) groups excluding carboxylic acids is 1. The Morgan fingerprint density at radius 3 is 2.67 bits per heavy atom. The quantitative estimate of drug-likeness (QED) is 0.940. The molecule has 3 rings (SSSR count). The SMILES string of the molecule is COc1ccc(NC(=O)C2CC2c2ccc(F)cc2)cn1. The molecule has 1 aliphatic carbocycles. The molecule has 0 saturated heterocycles. The van der Waals surface area contributed by atoms with Crippen molar-refractivity contribution < 1.29 is 13.9 Å². The first kappa shape index (κ1) is 13.5. The maximum absolute atomic E-state index is 12.9. The first-order valence-electron chi connectivity index (χ1n) is 6.74. The summed E-state index contributed by atoms with van der Waals surface area (Å²) in [5.41, 5.74) is 1.65. The number of halogens is 1. The van der Waals surface area contributed by atoms with Crippen LogP contribution in [0.15, 0.2) is 42.6 Å². The molecule has 0 spiro atoms. The minimum absolute atomic E-state index is 0.0312. The van der Waals surface area contributed by atoms with Gasteiger partial charge in [-0.05, 0) is 36.1 Å². The van der Waals surface area contributed by atoms with Crippen molar-refractivity contribution >= 4 is 11.6 Å². The summed E-state index contributed by atoms with van der Waals surface area (Å²) >= 11 is 0. The van der Waals surface area contributed by atoms with Crippen LogP contribution in [0.3, 0.4) is 0 Å². The maximum Gasteiger partial charge on any atom is 0.228 e. The molecule has 5 heteroatoms. The third-order valence-corrected chi connectivity index (χ3v) is 3.64. The molecule has 1 saturated carbocycles. The van der Waals surface area contributed by atoms with Crippen LogP contribution in [0.2, 0.25) is 0 Å². The molecule has 21 heavy (non-hydrogen) atoms.